The van der Waals surface area contributed by atoms with Gasteiger partial charge in [-0.2, -0.15) is 0 Å². The van der Waals surface area contributed by atoms with Crippen molar-refractivity contribution < 1.29 is 4.74 Å². The van der Waals surface area contributed by atoms with Crippen molar-refractivity contribution in [3.63, 3.8) is 0 Å². The minimum Gasteiger partial charge on any atom is -0.353 e. The molecule has 2 aromatic carbocycles. The first-order chi connectivity index (χ1) is 10.3. The number of benzene rings is 2. The summed E-state index contributed by atoms with van der Waals surface area (Å²) < 4.78 is 5.66. The first-order valence-corrected chi connectivity index (χ1v) is 6.19. The third-order valence-electron chi connectivity index (χ3n) is 2.74. The van der Waals surface area contributed by atoms with E-state index in [0.717, 1.165) is 0 Å². The largest absolute Gasteiger partial charge is 0.353 e. The van der Waals surface area contributed by atoms with Gasteiger partial charge in [-0.05, 0) is 22.2 Å². The SMILES string of the molecule is [N-]=[N+]=NC(OC(N=[N+]=[N-])c1ccccc1)c1ccccc1. The van der Waals surface area contributed by atoms with Gasteiger partial charge in [-0.1, -0.05) is 70.9 Å². The molecule has 21 heavy (non-hydrogen) atoms. The van der Waals surface area contributed by atoms with Gasteiger partial charge in [0.25, 0.3) is 0 Å². The maximum atomic E-state index is 8.69. The van der Waals surface area contributed by atoms with Crippen LogP contribution >= 0.6 is 0 Å². The van der Waals surface area contributed by atoms with Crippen molar-refractivity contribution in [3.05, 3.63) is 92.7 Å². The summed E-state index contributed by atoms with van der Waals surface area (Å²) in [6.45, 7) is 0. The van der Waals surface area contributed by atoms with Crippen LogP contribution in [0, 0.1) is 0 Å². The lowest BCUT2D eigenvalue weighted by molar-refractivity contribution is -0.00765. The van der Waals surface area contributed by atoms with E-state index in [1.165, 1.54) is 0 Å². The second-order valence-electron chi connectivity index (χ2n) is 4.07. The standard InChI is InChI=1S/C14H12N6O/c15-19-17-13(11-7-3-1-4-8-11)21-14(18-20-16)12-9-5-2-6-10-12/h1-10,13-14H. The van der Waals surface area contributed by atoms with E-state index in [1.807, 2.05) is 36.4 Å². The van der Waals surface area contributed by atoms with Crippen molar-refractivity contribution in [2.24, 2.45) is 10.2 Å². The van der Waals surface area contributed by atoms with Crippen molar-refractivity contribution in [3.8, 4) is 0 Å². The highest BCUT2D eigenvalue weighted by Crippen LogP contribution is 2.29. The fraction of sp³-hybridized carbons (Fsp3) is 0.143. The van der Waals surface area contributed by atoms with Gasteiger partial charge in [-0.15, -0.1) is 0 Å². The zero-order valence-electron chi connectivity index (χ0n) is 11.0. The Balaban J connectivity index is 2.29. The Kier molecular flexibility index (Phi) is 5.20. The first-order valence-electron chi connectivity index (χ1n) is 6.19. The molecule has 0 aromatic heterocycles. The molecule has 2 unspecified atom stereocenters. The van der Waals surface area contributed by atoms with E-state index in [9.17, 15) is 0 Å². The summed E-state index contributed by atoms with van der Waals surface area (Å²) >= 11 is 0. The van der Waals surface area contributed by atoms with Gasteiger partial charge in [0, 0.05) is 9.82 Å². The topological polar surface area (TPSA) is 107 Å². The molecule has 2 rings (SSSR count). The molecule has 0 bridgehead atoms. The highest BCUT2D eigenvalue weighted by atomic mass is 16.5. The number of rotatable bonds is 6. The Hall–Kier alpha value is -2.98. The molecule has 7 heteroatoms. The monoisotopic (exact) mass is 280 g/mol. The van der Waals surface area contributed by atoms with Gasteiger partial charge in [-0.25, -0.2) is 0 Å². The van der Waals surface area contributed by atoms with Crippen molar-refractivity contribution >= 4 is 0 Å². The summed E-state index contributed by atoms with van der Waals surface area (Å²) in [6, 6.07) is 18.0. The molecule has 0 heterocycles. The predicted molar refractivity (Wildman–Crippen MR) is 77.7 cm³/mol. The Labute approximate surface area is 121 Å². The van der Waals surface area contributed by atoms with Gasteiger partial charge >= 0.3 is 0 Å². The van der Waals surface area contributed by atoms with E-state index < -0.39 is 12.5 Å². The molecular formula is C14H12N6O. The summed E-state index contributed by atoms with van der Waals surface area (Å²) in [5, 5.41) is 7.23. The third kappa shape index (κ3) is 3.99. The molecular weight excluding hydrogens is 268 g/mol. The second kappa shape index (κ2) is 7.57. The lowest BCUT2D eigenvalue weighted by Gasteiger charge is -2.19. The molecule has 0 amide bonds. The van der Waals surface area contributed by atoms with E-state index in [2.05, 4.69) is 20.1 Å². The molecule has 0 aliphatic heterocycles. The number of hydrogen-bond acceptors (Lipinski definition) is 3. The number of hydrogen-bond donors (Lipinski definition) is 0. The van der Waals surface area contributed by atoms with Gasteiger partial charge in [0.1, 0.15) is 0 Å². The van der Waals surface area contributed by atoms with Crippen LogP contribution in [0.5, 0.6) is 0 Å². The molecule has 0 saturated carbocycles. The van der Waals surface area contributed by atoms with Crippen LogP contribution in [0.1, 0.15) is 23.6 Å². The second-order valence-corrected chi connectivity index (χ2v) is 4.07. The average molecular weight is 280 g/mol. The van der Waals surface area contributed by atoms with Crippen LogP contribution in [-0.4, -0.2) is 0 Å². The highest BCUT2D eigenvalue weighted by molar-refractivity contribution is 5.19. The van der Waals surface area contributed by atoms with Gasteiger partial charge in [-0.3, -0.25) is 0 Å². The Morgan fingerprint density at radius 2 is 1.10 bits per heavy atom. The van der Waals surface area contributed by atoms with Gasteiger partial charge < -0.3 is 4.74 Å². The van der Waals surface area contributed by atoms with Gasteiger partial charge in [0.05, 0.1) is 0 Å². The maximum absolute atomic E-state index is 8.69. The zero-order valence-corrected chi connectivity index (χ0v) is 11.0. The lowest BCUT2D eigenvalue weighted by atomic mass is 10.2. The Morgan fingerprint density at radius 3 is 1.43 bits per heavy atom. The van der Waals surface area contributed by atoms with Crippen LogP contribution in [0.15, 0.2) is 70.9 Å². The van der Waals surface area contributed by atoms with Gasteiger partial charge in [0.15, 0.2) is 12.5 Å². The van der Waals surface area contributed by atoms with E-state index in [-0.39, 0.29) is 0 Å². The van der Waals surface area contributed by atoms with Crippen molar-refractivity contribution in [2.75, 3.05) is 0 Å². The van der Waals surface area contributed by atoms with Crippen LogP contribution < -0.4 is 0 Å². The average Bonchev–Trinajstić information content (AvgIpc) is 2.55. The van der Waals surface area contributed by atoms with E-state index in [4.69, 9.17) is 15.8 Å². The highest BCUT2D eigenvalue weighted by Gasteiger charge is 2.17. The number of azide groups is 2. The molecule has 0 aliphatic carbocycles. The quantitative estimate of drug-likeness (QED) is 0.413. The van der Waals surface area contributed by atoms with Crippen LogP contribution in [0.4, 0.5) is 0 Å². The summed E-state index contributed by atoms with van der Waals surface area (Å²) in [6.07, 6.45) is -1.74. The van der Waals surface area contributed by atoms with E-state index >= 15 is 0 Å². The van der Waals surface area contributed by atoms with Crippen molar-refractivity contribution in [2.45, 2.75) is 12.5 Å². The van der Waals surface area contributed by atoms with Crippen LogP contribution in [0.3, 0.4) is 0 Å². The number of nitrogens with zero attached hydrogens (tertiary/aromatic N) is 6. The number of ether oxygens (including phenoxy) is 1. The van der Waals surface area contributed by atoms with E-state index in [1.54, 1.807) is 24.3 Å². The molecule has 0 radical (unpaired) electrons. The first kappa shape index (κ1) is 14.4. The molecule has 0 aliphatic rings. The van der Waals surface area contributed by atoms with Gasteiger partial charge in [0.2, 0.25) is 0 Å². The molecule has 2 aromatic rings. The minimum absolute atomic E-state index is 0.685. The fourth-order valence-corrected chi connectivity index (χ4v) is 1.80. The third-order valence-corrected chi connectivity index (χ3v) is 2.74. The summed E-state index contributed by atoms with van der Waals surface area (Å²) in [4.78, 5) is 5.57. The Morgan fingerprint density at radius 1 is 0.714 bits per heavy atom. The summed E-state index contributed by atoms with van der Waals surface area (Å²) in [5.74, 6) is 0. The minimum atomic E-state index is -0.869. The van der Waals surface area contributed by atoms with Crippen LogP contribution in [0.25, 0.3) is 20.9 Å². The zero-order chi connectivity index (χ0) is 14.9. The van der Waals surface area contributed by atoms with Crippen LogP contribution in [0.2, 0.25) is 0 Å². The lowest BCUT2D eigenvalue weighted by Crippen LogP contribution is -2.06. The molecule has 0 N–H and O–H groups in total. The molecule has 7 nitrogen and oxygen atoms in total. The van der Waals surface area contributed by atoms with E-state index in [0.29, 0.717) is 11.1 Å². The normalized spacial score (nSPS) is 12.6. The molecule has 0 spiro atoms. The fourth-order valence-electron chi connectivity index (χ4n) is 1.80. The molecule has 2 atom stereocenters. The van der Waals surface area contributed by atoms with Crippen molar-refractivity contribution in [1.29, 1.82) is 0 Å². The molecule has 104 valence electrons. The molecule has 0 fully saturated rings. The van der Waals surface area contributed by atoms with Crippen LogP contribution in [-0.2, 0) is 4.74 Å². The van der Waals surface area contributed by atoms with Crippen molar-refractivity contribution in [1.82, 2.24) is 0 Å². The maximum Gasteiger partial charge on any atom is 0.162 e. The summed E-state index contributed by atoms with van der Waals surface area (Å²) in [7, 11) is 0. The smallest absolute Gasteiger partial charge is 0.162 e. The predicted octanol–water partition coefficient (Wildman–Crippen LogP) is 5.02. The molecule has 0 saturated heterocycles. The summed E-state index contributed by atoms with van der Waals surface area (Å²) in [5.41, 5.74) is 18.7. The Bertz CT molecular complexity index is 603.